The number of amides is 1. The van der Waals surface area contributed by atoms with E-state index in [9.17, 15) is 14.0 Å². The van der Waals surface area contributed by atoms with Crippen molar-refractivity contribution in [2.75, 3.05) is 13.1 Å². The Kier molecular flexibility index (Phi) is 4.94. The van der Waals surface area contributed by atoms with Gasteiger partial charge in [0.25, 0.3) is 5.91 Å². The molecule has 1 amide bonds. The summed E-state index contributed by atoms with van der Waals surface area (Å²) in [5, 5.41) is 8.74. The van der Waals surface area contributed by atoms with Crippen molar-refractivity contribution in [1.29, 1.82) is 0 Å². The summed E-state index contributed by atoms with van der Waals surface area (Å²) in [7, 11) is 0. The van der Waals surface area contributed by atoms with Crippen LogP contribution in [0.4, 0.5) is 4.39 Å². The number of hydrogen-bond donors (Lipinski definition) is 1. The number of carbonyl (C=O) groups is 2. The SMILES string of the molecule is Cc1cc(C(=O)N2CCC[C@H](CCC(=O)O)C2)ccc1F. The van der Waals surface area contributed by atoms with Gasteiger partial charge in [-0.1, -0.05) is 0 Å². The van der Waals surface area contributed by atoms with E-state index in [0.717, 1.165) is 12.8 Å². The molecule has 0 bridgehead atoms. The van der Waals surface area contributed by atoms with Crippen LogP contribution >= 0.6 is 0 Å². The van der Waals surface area contributed by atoms with Gasteiger partial charge in [0, 0.05) is 25.1 Å². The lowest BCUT2D eigenvalue weighted by Gasteiger charge is -2.32. The third-order valence-electron chi connectivity index (χ3n) is 3.98. The number of aryl methyl sites for hydroxylation is 1. The van der Waals surface area contributed by atoms with E-state index in [2.05, 4.69) is 0 Å². The molecule has 0 spiro atoms. The Bertz CT molecular complexity index is 544. The number of benzene rings is 1. The maximum atomic E-state index is 13.3. The quantitative estimate of drug-likeness (QED) is 0.928. The predicted molar refractivity (Wildman–Crippen MR) is 76.6 cm³/mol. The van der Waals surface area contributed by atoms with Gasteiger partial charge in [-0.2, -0.15) is 0 Å². The number of rotatable bonds is 4. The lowest BCUT2D eigenvalue weighted by atomic mass is 9.93. The molecule has 1 saturated heterocycles. The van der Waals surface area contributed by atoms with E-state index in [1.165, 1.54) is 12.1 Å². The number of carboxylic acids is 1. The van der Waals surface area contributed by atoms with Gasteiger partial charge in [-0.15, -0.1) is 0 Å². The molecule has 1 atom stereocenters. The molecule has 1 aromatic carbocycles. The first-order valence-corrected chi connectivity index (χ1v) is 7.24. The molecule has 21 heavy (non-hydrogen) atoms. The minimum absolute atomic E-state index is 0.0990. The maximum absolute atomic E-state index is 13.3. The van der Waals surface area contributed by atoms with Crippen molar-refractivity contribution in [2.24, 2.45) is 5.92 Å². The van der Waals surface area contributed by atoms with Crippen LogP contribution < -0.4 is 0 Å². The largest absolute Gasteiger partial charge is 0.481 e. The average Bonchev–Trinajstić information content (AvgIpc) is 2.47. The molecule has 1 heterocycles. The minimum atomic E-state index is -0.799. The van der Waals surface area contributed by atoms with Crippen molar-refractivity contribution >= 4 is 11.9 Å². The predicted octanol–water partition coefficient (Wildman–Crippen LogP) is 2.85. The molecule has 1 aromatic rings. The highest BCUT2D eigenvalue weighted by Crippen LogP contribution is 2.23. The summed E-state index contributed by atoms with van der Waals surface area (Å²) in [5.41, 5.74) is 0.952. The molecule has 2 rings (SSSR count). The second-order valence-corrected chi connectivity index (χ2v) is 5.66. The number of piperidine rings is 1. The zero-order valence-electron chi connectivity index (χ0n) is 12.1. The summed E-state index contributed by atoms with van der Waals surface area (Å²) in [6.45, 7) is 2.90. The number of hydrogen-bond acceptors (Lipinski definition) is 2. The van der Waals surface area contributed by atoms with Gasteiger partial charge in [-0.25, -0.2) is 4.39 Å². The Hall–Kier alpha value is -1.91. The number of carbonyl (C=O) groups excluding carboxylic acids is 1. The Morgan fingerprint density at radius 2 is 2.19 bits per heavy atom. The highest BCUT2D eigenvalue weighted by atomic mass is 19.1. The summed E-state index contributed by atoms with van der Waals surface area (Å²) in [5.74, 6) is -0.976. The molecule has 1 fully saturated rings. The Labute approximate surface area is 123 Å². The van der Waals surface area contributed by atoms with Gasteiger partial charge in [0.15, 0.2) is 0 Å². The molecule has 0 aliphatic carbocycles. The fourth-order valence-electron chi connectivity index (χ4n) is 2.77. The first kappa shape index (κ1) is 15.5. The molecule has 1 aliphatic heterocycles. The summed E-state index contributed by atoms with van der Waals surface area (Å²) in [6, 6.07) is 4.39. The van der Waals surface area contributed by atoms with E-state index < -0.39 is 5.97 Å². The van der Waals surface area contributed by atoms with Gasteiger partial charge in [0.05, 0.1) is 0 Å². The maximum Gasteiger partial charge on any atom is 0.303 e. The monoisotopic (exact) mass is 293 g/mol. The molecule has 0 radical (unpaired) electrons. The highest BCUT2D eigenvalue weighted by Gasteiger charge is 2.25. The molecular formula is C16H20FNO3. The van der Waals surface area contributed by atoms with Crippen molar-refractivity contribution in [3.05, 3.63) is 35.1 Å². The number of halogens is 1. The lowest BCUT2D eigenvalue weighted by molar-refractivity contribution is -0.137. The topological polar surface area (TPSA) is 57.6 Å². The van der Waals surface area contributed by atoms with Crippen molar-refractivity contribution < 1.29 is 19.1 Å². The normalized spacial score (nSPS) is 18.6. The van der Waals surface area contributed by atoms with Gasteiger partial charge >= 0.3 is 5.97 Å². The molecule has 1 N–H and O–H groups in total. The van der Waals surface area contributed by atoms with Crippen molar-refractivity contribution in [1.82, 2.24) is 4.90 Å². The van der Waals surface area contributed by atoms with Crippen molar-refractivity contribution in [2.45, 2.75) is 32.6 Å². The van der Waals surface area contributed by atoms with Crippen molar-refractivity contribution in [3.63, 3.8) is 0 Å². The highest BCUT2D eigenvalue weighted by molar-refractivity contribution is 5.94. The molecule has 0 aromatic heterocycles. The van der Waals surface area contributed by atoms with E-state index in [-0.39, 0.29) is 24.1 Å². The average molecular weight is 293 g/mol. The van der Waals surface area contributed by atoms with Gasteiger partial charge in [-0.3, -0.25) is 9.59 Å². The minimum Gasteiger partial charge on any atom is -0.481 e. The molecular weight excluding hydrogens is 273 g/mol. The number of aliphatic carboxylic acids is 1. The second-order valence-electron chi connectivity index (χ2n) is 5.66. The standard InChI is InChI=1S/C16H20FNO3/c1-11-9-13(5-6-14(11)17)16(21)18-8-2-3-12(10-18)4-7-15(19)20/h5-6,9,12H,2-4,7-8,10H2,1H3,(H,19,20)/t12-/m1/s1. The summed E-state index contributed by atoms with van der Waals surface area (Å²) in [4.78, 5) is 24.8. The Balaban J connectivity index is 2.01. The van der Waals surface area contributed by atoms with Gasteiger partial charge in [0.2, 0.25) is 0 Å². The van der Waals surface area contributed by atoms with Crippen LogP contribution in [-0.4, -0.2) is 35.0 Å². The zero-order valence-corrected chi connectivity index (χ0v) is 12.1. The molecule has 1 aliphatic rings. The third-order valence-corrected chi connectivity index (χ3v) is 3.98. The van der Waals surface area contributed by atoms with E-state index in [1.807, 2.05) is 0 Å². The van der Waals surface area contributed by atoms with Gasteiger partial charge < -0.3 is 10.0 Å². The van der Waals surface area contributed by atoms with E-state index in [0.29, 0.717) is 30.6 Å². The van der Waals surface area contributed by atoms with Crippen LogP contribution in [0.1, 0.15) is 41.6 Å². The molecule has 114 valence electrons. The number of likely N-dealkylation sites (tertiary alicyclic amines) is 1. The van der Waals surface area contributed by atoms with Gasteiger partial charge in [-0.05, 0) is 55.9 Å². The van der Waals surface area contributed by atoms with Crippen LogP contribution in [0.15, 0.2) is 18.2 Å². The van der Waals surface area contributed by atoms with E-state index >= 15 is 0 Å². The molecule has 0 saturated carbocycles. The first-order valence-electron chi connectivity index (χ1n) is 7.24. The fraction of sp³-hybridized carbons (Fsp3) is 0.500. The molecule has 4 nitrogen and oxygen atoms in total. The van der Waals surface area contributed by atoms with E-state index in [4.69, 9.17) is 5.11 Å². The van der Waals surface area contributed by atoms with Crippen LogP contribution in [0.3, 0.4) is 0 Å². The van der Waals surface area contributed by atoms with Gasteiger partial charge in [0.1, 0.15) is 5.82 Å². The second kappa shape index (κ2) is 6.70. The summed E-state index contributed by atoms with van der Waals surface area (Å²) in [6.07, 6.45) is 2.58. The number of carboxylic acid groups (broad SMARTS) is 1. The van der Waals surface area contributed by atoms with Crippen LogP contribution in [0.25, 0.3) is 0 Å². The van der Waals surface area contributed by atoms with E-state index in [1.54, 1.807) is 17.9 Å². The van der Waals surface area contributed by atoms with Crippen molar-refractivity contribution in [3.8, 4) is 0 Å². The summed E-state index contributed by atoms with van der Waals surface area (Å²) >= 11 is 0. The van der Waals surface area contributed by atoms with Crippen LogP contribution in [-0.2, 0) is 4.79 Å². The first-order chi connectivity index (χ1) is 9.97. The molecule has 0 unspecified atom stereocenters. The third kappa shape index (κ3) is 4.03. The Morgan fingerprint density at radius 1 is 1.43 bits per heavy atom. The van der Waals surface area contributed by atoms with Crippen LogP contribution in [0, 0.1) is 18.7 Å². The fourth-order valence-corrected chi connectivity index (χ4v) is 2.77. The molecule has 5 heteroatoms. The lowest BCUT2D eigenvalue weighted by Crippen LogP contribution is -2.40. The zero-order chi connectivity index (χ0) is 15.4. The summed E-state index contributed by atoms with van der Waals surface area (Å²) < 4.78 is 13.3. The van der Waals surface area contributed by atoms with Crippen LogP contribution in [0.2, 0.25) is 0 Å². The Morgan fingerprint density at radius 3 is 2.86 bits per heavy atom. The smallest absolute Gasteiger partial charge is 0.303 e. The number of nitrogens with zero attached hydrogens (tertiary/aromatic N) is 1. The van der Waals surface area contributed by atoms with Crippen LogP contribution in [0.5, 0.6) is 0 Å².